The quantitative estimate of drug-likeness (QED) is 0.866. The lowest BCUT2D eigenvalue weighted by Crippen LogP contribution is -2.35. The molecule has 0 radical (unpaired) electrons. The zero-order valence-electron chi connectivity index (χ0n) is 12.0. The second-order valence-corrected chi connectivity index (χ2v) is 6.04. The van der Waals surface area contributed by atoms with Crippen LogP contribution in [0.15, 0.2) is 12.1 Å². The third kappa shape index (κ3) is 2.74. The standard InChI is InChI=1S/C15H19F2N3S/c1-2-5-19-6-3-11(4-7-19)20-13-9-10(16)8-12(17)14(13)18-15(20)21/h8-9,11H,2-7H2,1H3,(H,18,21). The number of aromatic amines is 1. The molecule has 0 aliphatic carbocycles. The predicted octanol–water partition coefficient (Wildman–Crippen LogP) is 4.02. The van der Waals surface area contributed by atoms with E-state index in [0.717, 1.165) is 45.0 Å². The Morgan fingerprint density at radius 2 is 2.00 bits per heavy atom. The highest BCUT2D eigenvalue weighted by molar-refractivity contribution is 7.71. The van der Waals surface area contributed by atoms with Crippen molar-refractivity contribution in [2.75, 3.05) is 19.6 Å². The van der Waals surface area contributed by atoms with Gasteiger partial charge in [0.05, 0.1) is 5.52 Å². The number of halogens is 2. The van der Waals surface area contributed by atoms with Gasteiger partial charge in [-0.15, -0.1) is 0 Å². The molecule has 6 heteroatoms. The fraction of sp³-hybridized carbons (Fsp3) is 0.533. The van der Waals surface area contributed by atoms with E-state index in [1.165, 1.54) is 6.07 Å². The Bertz CT molecular complexity index is 699. The summed E-state index contributed by atoms with van der Waals surface area (Å²) in [6, 6.07) is 2.46. The van der Waals surface area contributed by atoms with Gasteiger partial charge in [0, 0.05) is 25.2 Å². The molecule has 0 saturated carbocycles. The van der Waals surface area contributed by atoms with E-state index in [1.54, 1.807) is 0 Å². The number of nitrogens with one attached hydrogen (secondary N) is 1. The highest BCUT2D eigenvalue weighted by atomic mass is 32.1. The minimum absolute atomic E-state index is 0.209. The van der Waals surface area contributed by atoms with Crippen molar-refractivity contribution >= 4 is 23.3 Å². The zero-order chi connectivity index (χ0) is 15.0. The molecule has 1 aliphatic rings. The van der Waals surface area contributed by atoms with Crippen LogP contribution in [0.25, 0.3) is 11.0 Å². The molecule has 114 valence electrons. The lowest BCUT2D eigenvalue weighted by Gasteiger charge is -2.32. The van der Waals surface area contributed by atoms with Gasteiger partial charge in [-0.2, -0.15) is 0 Å². The molecule has 1 N–H and O–H groups in total. The Morgan fingerprint density at radius 3 is 2.67 bits per heavy atom. The summed E-state index contributed by atoms with van der Waals surface area (Å²) in [7, 11) is 0. The van der Waals surface area contributed by atoms with E-state index < -0.39 is 11.6 Å². The van der Waals surface area contributed by atoms with E-state index in [4.69, 9.17) is 12.2 Å². The predicted molar refractivity (Wildman–Crippen MR) is 82.0 cm³/mol. The molecule has 1 saturated heterocycles. The van der Waals surface area contributed by atoms with Gasteiger partial charge in [-0.05, 0) is 44.1 Å². The summed E-state index contributed by atoms with van der Waals surface area (Å²) in [6.07, 6.45) is 3.06. The van der Waals surface area contributed by atoms with Crippen molar-refractivity contribution in [1.82, 2.24) is 14.5 Å². The minimum Gasteiger partial charge on any atom is -0.328 e. The van der Waals surface area contributed by atoms with Crippen LogP contribution in [0, 0.1) is 16.4 Å². The largest absolute Gasteiger partial charge is 0.328 e. The van der Waals surface area contributed by atoms with Gasteiger partial charge < -0.3 is 14.5 Å². The molecule has 1 fully saturated rings. The van der Waals surface area contributed by atoms with Crippen LogP contribution in [0.3, 0.4) is 0 Å². The molecule has 1 aromatic heterocycles. The maximum atomic E-state index is 13.8. The maximum Gasteiger partial charge on any atom is 0.178 e. The molecule has 1 aliphatic heterocycles. The average Bonchev–Trinajstić information content (AvgIpc) is 2.77. The summed E-state index contributed by atoms with van der Waals surface area (Å²) in [4.78, 5) is 5.31. The average molecular weight is 311 g/mol. The van der Waals surface area contributed by atoms with Gasteiger partial charge in [-0.25, -0.2) is 8.78 Å². The van der Waals surface area contributed by atoms with Crippen molar-refractivity contribution in [3.8, 4) is 0 Å². The van der Waals surface area contributed by atoms with Crippen LogP contribution >= 0.6 is 12.2 Å². The molecule has 0 amide bonds. The second-order valence-electron chi connectivity index (χ2n) is 5.65. The Hall–Kier alpha value is -1.27. The molecule has 2 aromatic rings. The number of piperidine rings is 1. The number of likely N-dealkylation sites (tertiary alicyclic amines) is 1. The van der Waals surface area contributed by atoms with Crippen LogP contribution in [0.2, 0.25) is 0 Å². The van der Waals surface area contributed by atoms with Crippen LogP contribution in [-0.2, 0) is 0 Å². The van der Waals surface area contributed by atoms with Crippen LogP contribution in [0.4, 0.5) is 8.78 Å². The number of H-pyrrole nitrogens is 1. The van der Waals surface area contributed by atoms with Gasteiger partial charge in [-0.1, -0.05) is 6.92 Å². The van der Waals surface area contributed by atoms with Crippen LogP contribution in [0.1, 0.15) is 32.2 Å². The highest BCUT2D eigenvalue weighted by Gasteiger charge is 2.23. The monoisotopic (exact) mass is 311 g/mol. The number of aromatic nitrogens is 2. The van der Waals surface area contributed by atoms with Crippen molar-refractivity contribution in [2.45, 2.75) is 32.2 Å². The van der Waals surface area contributed by atoms with Crippen molar-refractivity contribution in [3.05, 3.63) is 28.5 Å². The summed E-state index contributed by atoms with van der Waals surface area (Å²) >= 11 is 5.32. The lowest BCUT2D eigenvalue weighted by atomic mass is 10.0. The fourth-order valence-corrected chi connectivity index (χ4v) is 3.58. The summed E-state index contributed by atoms with van der Waals surface area (Å²) in [5.41, 5.74) is 0.837. The Morgan fingerprint density at radius 1 is 1.29 bits per heavy atom. The molecule has 2 heterocycles. The summed E-state index contributed by atoms with van der Waals surface area (Å²) in [5, 5.41) is 0. The number of hydrogen-bond donors (Lipinski definition) is 1. The Labute approximate surface area is 127 Å². The van der Waals surface area contributed by atoms with E-state index in [-0.39, 0.29) is 6.04 Å². The number of benzene rings is 1. The van der Waals surface area contributed by atoms with Gasteiger partial charge in [-0.3, -0.25) is 0 Å². The van der Waals surface area contributed by atoms with Crippen LogP contribution < -0.4 is 0 Å². The first-order valence-corrected chi connectivity index (χ1v) is 7.82. The Kier molecular flexibility index (Phi) is 4.08. The molecule has 0 bridgehead atoms. The molecular formula is C15H19F2N3S. The minimum atomic E-state index is -0.585. The number of imidazole rings is 1. The number of rotatable bonds is 3. The molecular weight excluding hydrogens is 292 g/mol. The molecule has 3 rings (SSSR count). The number of nitrogens with zero attached hydrogens (tertiary/aromatic N) is 2. The summed E-state index contributed by atoms with van der Waals surface area (Å²) < 4.78 is 29.7. The van der Waals surface area contributed by atoms with E-state index >= 15 is 0 Å². The molecule has 0 spiro atoms. The van der Waals surface area contributed by atoms with Gasteiger partial charge in [0.15, 0.2) is 10.6 Å². The normalized spacial score (nSPS) is 17.7. The van der Waals surface area contributed by atoms with Crippen LogP contribution in [-0.4, -0.2) is 34.1 Å². The molecule has 1 aromatic carbocycles. The van der Waals surface area contributed by atoms with E-state index in [9.17, 15) is 8.78 Å². The second kappa shape index (κ2) is 5.85. The first kappa shape index (κ1) is 14.7. The van der Waals surface area contributed by atoms with Crippen molar-refractivity contribution < 1.29 is 8.78 Å². The number of fused-ring (bicyclic) bond motifs is 1. The molecule has 3 nitrogen and oxygen atoms in total. The van der Waals surface area contributed by atoms with Gasteiger partial charge in [0.1, 0.15) is 11.3 Å². The summed E-state index contributed by atoms with van der Waals surface area (Å²) in [6.45, 7) is 5.29. The molecule has 0 atom stereocenters. The third-order valence-electron chi connectivity index (χ3n) is 4.21. The topological polar surface area (TPSA) is 24.0 Å². The van der Waals surface area contributed by atoms with Gasteiger partial charge in [0.25, 0.3) is 0 Å². The van der Waals surface area contributed by atoms with Crippen molar-refractivity contribution in [3.63, 3.8) is 0 Å². The maximum absolute atomic E-state index is 13.8. The smallest absolute Gasteiger partial charge is 0.178 e. The van der Waals surface area contributed by atoms with Gasteiger partial charge in [0.2, 0.25) is 0 Å². The van der Waals surface area contributed by atoms with E-state index in [1.807, 2.05) is 4.57 Å². The zero-order valence-corrected chi connectivity index (χ0v) is 12.8. The van der Waals surface area contributed by atoms with Gasteiger partial charge >= 0.3 is 0 Å². The molecule has 21 heavy (non-hydrogen) atoms. The fourth-order valence-electron chi connectivity index (χ4n) is 3.23. The van der Waals surface area contributed by atoms with E-state index in [2.05, 4.69) is 16.8 Å². The third-order valence-corrected chi connectivity index (χ3v) is 4.51. The van der Waals surface area contributed by atoms with Crippen molar-refractivity contribution in [1.29, 1.82) is 0 Å². The highest BCUT2D eigenvalue weighted by Crippen LogP contribution is 2.29. The van der Waals surface area contributed by atoms with Crippen molar-refractivity contribution in [2.24, 2.45) is 0 Å². The van der Waals surface area contributed by atoms with E-state index in [0.29, 0.717) is 15.8 Å². The lowest BCUT2D eigenvalue weighted by molar-refractivity contribution is 0.188. The first-order valence-electron chi connectivity index (χ1n) is 7.41. The Balaban J connectivity index is 1.94. The number of hydrogen-bond acceptors (Lipinski definition) is 2. The SMILES string of the molecule is CCCN1CCC(n2c(=S)[nH]c3c(F)cc(F)cc32)CC1. The summed E-state index contributed by atoms with van der Waals surface area (Å²) in [5.74, 6) is -1.15. The first-order chi connectivity index (χ1) is 10.1. The molecule has 0 unspecified atom stereocenters. The van der Waals surface area contributed by atoms with Crippen LogP contribution in [0.5, 0.6) is 0 Å².